The highest BCUT2D eigenvalue weighted by atomic mass is 32.2. The highest BCUT2D eigenvalue weighted by Crippen LogP contribution is 2.35. The number of rotatable bonds is 6. The Hall–Kier alpha value is -2.88. The predicted octanol–water partition coefficient (Wildman–Crippen LogP) is 3.92. The number of amides is 1. The van der Waals surface area contributed by atoms with E-state index in [9.17, 15) is 26.4 Å². The van der Waals surface area contributed by atoms with Gasteiger partial charge in [0.05, 0.1) is 11.3 Å². The van der Waals surface area contributed by atoms with Gasteiger partial charge < -0.3 is 10.6 Å². The van der Waals surface area contributed by atoms with Gasteiger partial charge in [0.2, 0.25) is 5.91 Å². The molecular formula is C20H20F3N3O3S. The molecule has 0 radical (unpaired) electrons. The zero-order valence-electron chi connectivity index (χ0n) is 16.0. The third kappa shape index (κ3) is 5.18. The van der Waals surface area contributed by atoms with E-state index >= 15 is 0 Å². The minimum atomic E-state index is -4.61. The average molecular weight is 439 g/mol. The molecule has 0 fully saturated rings. The van der Waals surface area contributed by atoms with Crippen LogP contribution in [0.1, 0.15) is 36.8 Å². The van der Waals surface area contributed by atoms with E-state index in [1.54, 1.807) is 0 Å². The van der Waals surface area contributed by atoms with E-state index in [4.69, 9.17) is 0 Å². The Balaban J connectivity index is 1.61. The summed E-state index contributed by atoms with van der Waals surface area (Å²) >= 11 is 0. The summed E-state index contributed by atoms with van der Waals surface area (Å²) in [4.78, 5) is 11.8. The zero-order valence-corrected chi connectivity index (χ0v) is 16.8. The summed E-state index contributed by atoms with van der Waals surface area (Å²) in [7, 11) is -4.14. The number of alkyl halides is 3. The summed E-state index contributed by atoms with van der Waals surface area (Å²) in [5.74, 6) is -0.295. The Kier molecular flexibility index (Phi) is 6.16. The minimum Gasteiger partial charge on any atom is -0.355 e. The van der Waals surface area contributed by atoms with E-state index < -0.39 is 21.8 Å². The summed E-state index contributed by atoms with van der Waals surface area (Å²) in [5, 5.41) is 5.37. The molecule has 0 saturated carbocycles. The first-order chi connectivity index (χ1) is 14.1. The van der Waals surface area contributed by atoms with Gasteiger partial charge in [-0.2, -0.15) is 21.6 Å². The third-order valence-electron chi connectivity index (χ3n) is 4.66. The van der Waals surface area contributed by atoms with Gasteiger partial charge in [0.1, 0.15) is 10.7 Å². The van der Waals surface area contributed by atoms with Crippen LogP contribution in [0.25, 0.3) is 0 Å². The molecule has 2 aromatic carbocycles. The molecule has 2 N–H and O–H groups in total. The van der Waals surface area contributed by atoms with Crippen molar-refractivity contribution >= 4 is 27.5 Å². The number of benzene rings is 2. The summed E-state index contributed by atoms with van der Waals surface area (Å²) in [6.45, 7) is 2.36. The molecule has 30 heavy (non-hydrogen) atoms. The lowest BCUT2D eigenvalue weighted by molar-refractivity contribution is -0.137. The maximum atomic E-state index is 12.9. The lowest BCUT2D eigenvalue weighted by Crippen LogP contribution is -2.29. The number of hydrogen-bond acceptors (Lipinski definition) is 4. The maximum Gasteiger partial charge on any atom is 0.416 e. The van der Waals surface area contributed by atoms with E-state index in [1.165, 1.54) is 0 Å². The van der Waals surface area contributed by atoms with Gasteiger partial charge in [0.15, 0.2) is 0 Å². The van der Waals surface area contributed by atoms with Crippen molar-refractivity contribution in [1.82, 2.24) is 5.32 Å². The molecule has 1 heterocycles. The molecule has 160 valence electrons. The standard InChI is InChI=1S/C20H20F3N3O3S/c1-13(14-5-3-2-4-6-14)12-24-19(27)10-9-18-25-16-11-15(20(21,22)23)7-8-17(16)30(28,29)26-18/h2-8,11,13H,9-10,12H2,1H3,(H,24,27)(H,25,26)/t13-/m0/s1. The second-order valence-corrected chi connectivity index (χ2v) is 8.54. The predicted molar refractivity (Wildman–Crippen MR) is 107 cm³/mol. The number of hydrogen-bond donors (Lipinski definition) is 2. The number of nitrogens with one attached hydrogen (secondary N) is 2. The number of anilines is 1. The van der Waals surface area contributed by atoms with Gasteiger partial charge in [-0.3, -0.25) is 4.79 Å². The first kappa shape index (κ1) is 21.8. The highest BCUT2D eigenvalue weighted by molar-refractivity contribution is 7.90. The monoisotopic (exact) mass is 439 g/mol. The summed E-state index contributed by atoms with van der Waals surface area (Å²) in [5.41, 5.74) is -0.106. The van der Waals surface area contributed by atoms with Crippen molar-refractivity contribution in [3.8, 4) is 0 Å². The van der Waals surface area contributed by atoms with Crippen molar-refractivity contribution in [3.05, 3.63) is 59.7 Å². The van der Waals surface area contributed by atoms with Crippen molar-refractivity contribution in [2.45, 2.75) is 36.8 Å². The van der Waals surface area contributed by atoms with E-state index in [2.05, 4.69) is 15.0 Å². The van der Waals surface area contributed by atoms with Crippen LogP contribution in [0.4, 0.5) is 18.9 Å². The van der Waals surface area contributed by atoms with Gasteiger partial charge in [0, 0.05) is 19.4 Å². The fraction of sp³-hybridized carbons (Fsp3) is 0.300. The van der Waals surface area contributed by atoms with Crippen molar-refractivity contribution in [2.24, 2.45) is 4.40 Å². The van der Waals surface area contributed by atoms with Gasteiger partial charge >= 0.3 is 6.18 Å². The molecule has 0 aromatic heterocycles. The maximum absolute atomic E-state index is 12.9. The number of nitrogens with zero attached hydrogens (tertiary/aromatic N) is 1. The normalized spacial score (nSPS) is 16.1. The van der Waals surface area contributed by atoms with E-state index in [-0.39, 0.29) is 41.1 Å². The van der Waals surface area contributed by atoms with Crippen LogP contribution in [0.3, 0.4) is 0 Å². The largest absolute Gasteiger partial charge is 0.416 e. The lowest BCUT2D eigenvalue weighted by atomic mass is 10.0. The Morgan fingerprint density at radius 3 is 2.53 bits per heavy atom. The quantitative estimate of drug-likeness (QED) is 0.714. The lowest BCUT2D eigenvalue weighted by Gasteiger charge is -2.20. The molecule has 6 nitrogen and oxygen atoms in total. The van der Waals surface area contributed by atoms with Crippen LogP contribution in [0.15, 0.2) is 57.8 Å². The molecule has 2 aromatic rings. The summed E-state index contributed by atoms with van der Waals surface area (Å²) < 4.78 is 66.8. The van der Waals surface area contributed by atoms with Crippen molar-refractivity contribution in [1.29, 1.82) is 0 Å². The van der Waals surface area contributed by atoms with Crippen LogP contribution in [0.5, 0.6) is 0 Å². The number of fused-ring (bicyclic) bond motifs is 1. The second kappa shape index (κ2) is 8.47. The van der Waals surface area contributed by atoms with Crippen molar-refractivity contribution in [3.63, 3.8) is 0 Å². The van der Waals surface area contributed by atoms with Crippen molar-refractivity contribution in [2.75, 3.05) is 11.9 Å². The number of carbonyl (C=O) groups is 1. The van der Waals surface area contributed by atoms with Crippen LogP contribution >= 0.6 is 0 Å². The molecule has 0 aliphatic carbocycles. The molecule has 0 bridgehead atoms. The molecule has 0 saturated heterocycles. The Morgan fingerprint density at radius 1 is 1.17 bits per heavy atom. The molecule has 1 amide bonds. The van der Waals surface area contributed by atoms with Gasteiger partial charge in [-0.05, 0) is 29.7 Å². The molecule has 10 heteroatoms. The fourth-order valence-electron chi connectivity index (χ4n) is 3.00. The summed E-state index contributed by atoms with van der Waals surface area (Å²) in [6, 6.07) is 11.9. The van der Waals surface area contributed by atoms with Gasteiger partial charge in [-0.15, -0.1) is 4.40 Å². The second-order valence-electron chi connectivity index (χ2n) is 6.96. The van der Waals surface area contributed by atoms with Crippen LogP contribution < -0.4 is 10.6 Å². The highest BCUT2D eigenvalue weighted by Gasteiger charge is 2.33. The van der Waals surface area contributed by atoms with E-state index in [0.717, 1.165) is 17.7 Å². The first-order valence-corrected chi connectivity index (χ1v) is 10.6. The van der Waals surface area contributed by atoms with Gasteiger partial charge in [-0.25, -0.2) is 0 Å². The topological polar surface area (TPSA) is 87.6 Å². The fourth-order valence-corrected chi connectivity index (χ4v) is 4.15. The Labute approximate surface area is 172 Å². The number of carbonyl (C=O) groups excluding carboxylic acids is 1. The van der Waals surface area contributed by atoms with Crippen LogP contribution in [0.2, 0.25) is 0 Å². The third-order valence-corrected chi connectivity index (χ3v) is 6.03. The molecule has 3 rings (SSSR count). The number of sulfonamides is 1. The van der Waals surface area contributed by atoms with Crippen molar-refractivity contribution < 1.29 is 26.4 Å². The minimum absolute atomic E-state index is 0.0551. The van der Waals surface area contributed by atoms with Gasteiger partial charge in [-0.1, -0.05) is 37.3 Å². The van der Waals surface area contributed by atoms with E-state index in [0.29, 0.717) is 12.6 Å². The Bertz CT molecular complexity index is 1070. The SMILES string of the molecule is C[C@@H](CNC(=O)CCC1=NS(=O)(=O)c2ccc(C(F)(F)F)cc2N1)c1ccccc1. The molecule has 0 spiro atoms. The molecule has 1 atom stereocenters. The van der Waals surface area contributed by atoms with Gasteiger partial charge in [0.25, 0.3) is 10.0 Å². The number of halogens is 3. The molecule has 1 aliphatic heterocycles. The smallest absolute Gasteiger partial charge is 0.355 e. The molecular weight excluding hydrogens is 419 g/mol. The number of amidine groups is 1. The molecule has 1 aliphatic rings. The van der Waals surface area contributed by atoms with Crippen LogP contribution in [-0.2, 0) is 21.0 Å². The Morgan fingerprint density at radius 2 is 1.87 bits per heavy atom. The van der Waals surface area contributed by atoms with E-state index in [1.807, 2.05) is 37.3 Å². The van der Waals surface area contributed by atoms with Crippen LogP contribution in [-0.4, -0.2) is 26.7 Å². The first-order valence-electron chi connectivity index (χ1n) is 9.20. The zero-order chi connectivity index (χ0) is 21.9. The summed E-state index contributed by atoms with van der Waals surface area (Å²) in [6.07, 6.45) is -4.72. The average Bonchev–Trinajstić information content (AvgIpc) is 2.69. The van der Waals surface area contributed by atoms with Crippen LogP contribution in [0, 0.1) is 0 Å². The molecule has 0 unspecified atom stereocenters.